The molecule has 0 heterocycles. The van der Waals surface area contributed by atoms with E-state index in [2.05, 4.69) is 11.2 Å². The summed E-state index contributed by atoms with van der Waals surface area (Å²) in [4.78, 5) is 10.7. The molecule has 2 heteroatoms. The maximum absolute atomic E-state index is 10.7. The Morgan fingerprint density at radius 2 is 2.08 bits per heavy atom. The SMILES string of the molecule is C#CCc1ccc(NC(C)=O)cc1. The van der Waals surface area contributed by atoms with Crippen LogP contribution in [0.25, 0.3) is 0 Å². The van der Waals surface area contributed by atoms with E-state index in [-0.39, 0.29) is 5.91 Å². The molecule has 1 rings (SSSR count). The number of anilines is 1. The van der Waals surface area contributed by atoms with Gasteiger partial charge in [-0.1, -0.05) is 12.1 Å². The summed E-state index contributed by atoms with van der Waals surface area (Å²) in [6.07, 6.45) is 5.78. The second-order valence-corrected chi connectivity index (χ2v) is 2.76. The molecular formula is C11H11NO. The smallest absolute Gasteiger partial charge is 0.221 e. The largest absolute Gasteiger partial charge is 0.326 e. The van der Waals surface area contributed by atoms with Crippen molar-refractivity contribution < 1.29 is 4.79 Å². The molecule has 0 bridgehead atoms. The lowest BCUT2D eigenvalue weighted by atomic mass is 10.1. The van der Waals surface area contributed by atoms with Gasteiger partial charge in [-0.15, -0.1) is 12.3 Å². The summed E-state index contributed by atoms with van der Waals surface area (Å²) in [5, 5.41) is 2.68. The number of rotatable bonds is 2. The molecule has 0 aliphatic heterocycles. The van der Waals surface area contributed by atoms with Crippen molar-refractivity contribution in [1.82, 2.24) is 0 Å². The molecule has 13 heavy (non-hydrogen) atoms. The van der Waals surface area contributed by atoms with E-state index in [1.54, 1.807) is 0 Å². The lowest BCUT2D eigenvalue weighted by Crippen LogP contribution is -2.05. The van der Waals surface area contributed by atoms with Crippen molar-refractivity contribution in [2.75, 3.05) is 5.32 Å². The zero-order chi connectivity index (χ0) is 9.68. The first kappa shape index (κ1) is 9.34. The number of terminal acetylenes is 1. The van der Waals surface area contributed by atoms with Crippen LogP contribution in [-0.4, -0.2) is 5.91 Å². The molecule has 0 aliphatic rings. The molecule has 1 N–H and O–H groups in total. The Labute approximate surface area is 78.0 Å². The maximum atomic E-state index is 10.7. The van der Waals surface area contributed by atoms with Crippen molar-refractivity contribution in [1.29, 1.82) is 0 Å². The van der Waals surface area contributed by atoms with Gasteiger partial charge in [0.15, 0.2) is 0 Å². The second kappa shape index (κ2) is 4.32. The average Bonchev–Trinajstić information content (AvgIpc) is 2.08. The molecule has 0 radical (unpaired) electrons. The quantitative estimate of drug-likeness (QED) is 0.679. The van der Waals surface area contributed by atoms with E-state index in [9.17, 15) is 4.79 Å². The van der Waals surface area contributed by atoms with E-state index in [0.717, 1.165) is 11.3 Å². The highest BCUT2D eigenvalue weighted by molar-refractivity contribution is 5.88. The number of hydrogen-bond donors (Lipinski definition) is 1. The zero-order valence-electron chi connectivity index (χ0n) is 7.50. The van der Waals surface area contributed by atoms with Crippen molar-refractivity contribution in [2.45, 2.75) is 13.3 Å². The Morgan fingerprint density at radius 1 is 1.46 bits per heavy atom. The van der Waals surface area contributed by atoms with Gasteiger partial charge in [0, 0.05) is 19.0 Å². The topological polar surface area (TPSA) is 29.1 Å². The van der Waals surface area contributed by atoms with Gasteiger partial charge in [-0.25, -0.2) is 0 Å². The van der Waals surface area contributed by atoms with E-state index in [1.165, 1.54) is 6.92 Å². The standard InChI is InChI=1S/C11H11NO/c1-3-4-10-5-7-11(8-6-10)12-9(2)13/h1,5-8H,4H2,2H3,(H,12,13). The number of carbonyl (C=O) groups is 1. The molecule has 0 spiro atoms. The van der Waals surface area contributed by atoms with Crippen LogP contribution < -0.4 is 5.32 Å². The fourth-order valence-corrected chi connectivity index (χ4v) is 1.03. The van der Waals surface area contributed by atoms with Gasteiger partial charge in [0.05, 0.1) is 0 Å². The molecule has 0 unspecified atom stereocenters. The van der Waals surface area contributed by atoms with Crippen molar-refractivity contribution in [2.24, 2.45) is 0 Å². The molecule has 0 aromatic heterocycles. The van der Waals surface area contributed by atoms with Gasteiger partial charge in [-0.3, -0.25) is 4.79 Å². The van der Waals surface area contributed by atoms with E-state index in [1.807, 2.05) is 24.3 Å². The highest BCUT2D eigenvalue weighted by Crippen LogP contribution is 2.09. The number of nitrogens with one attached hydrogen (secondary N) is 1. The predicted molar refractivity (Wildman–Crippen MR) is 53.3 cm³/mol. The molecule has 0 saturated carbocycles. The molecule has 0 atom stereocenters. The first-order chi connectivity index (χ1) is 6.22. The van der Waals surface area contributed by atoms with Crippen LogP contribution in [0.2, 0.25) is 0 Å². The highest BCUT2D eigenvalue weighted by atomic mass is 16.1. The fraction of sp³-hybridized carbons (Fsp3) is 0.182. The van der Waals surface area contributed by atoms with Crippen LogP contribution >= 0.6 is 0 Å². The van der Waals surface area contributed by atoms with Crippen LogP contribution in [-0.2, 0) is 11.2 Å². The minimum Gasteiger partial charge on any atom is -0.326 e. The number of benzene rings is 1. The monoisotopic (exact) mass is 173 g/mol. The summed E-state index contributed by atoms with van der Waals surface area (Å²) < 4.78 is 0. The van der Waals surface area contributed by atoms with Gasteiger partial charge in [0.2, 0.25) is 5.91 Å². The first-order valence-electron chi connectivity index (χ1n) is 4.02. The summed E-state index contributed by atoms with van der Waals surface area (Å²) >= 11 is 0. The summed E-state index contributed by atoms with van der Waals surface area (Å²) in [6, 6.07) is 7.50. The minimum absolute atomic E-state index is 0.0651. The number of hydrogen-bond acceptors (Lipinski definition) is 1. The van der Waals surface area contributed by atoms with Crippen LogP contribution in [0, 0.1) is 12.3 Å². The maximum Gasteiger partial charge on any atom is 0.221 e. The van der Waals surface area contributed by atoms with E-state index < -0.39 is 0 Å². The van der Waals surface area contributed by atoms with Gasteiger partial charge in [-0.2, -0.15) is 0 Å². The fourth-order valence-electron chi connectivity index (χ4n) is 1.03. The minimum atomic E-state index is -0.0651. The summed E-state index contributed by atoms with van der Waals surface area (Å²) in [5.74, 6) is 2.49. The Hall–Kier alpha value is -1.75. The second-order valence-electron chi connectivity index (χ2n) is 2.76. The molecule has 0 saturated heterocycles. The Bertz CT molecular complexity index is 332. The molecule has 1 aromatic rings. The molecule has 0 fully saturated rings. The van der Waals surface area contributed by atoms with Crippen LogP contribution in [0.3, 0.4) is 0 Å². The molecule has 2 nitrogen and oxygen atoms in total. The van der Waals surface area contributed by atoms with Gasteiger partial charge in [-0.05, 0) is 17.7 Å². The third-order valence-corrected chi connectivity index (χ3v) is 1.58. The van der Waals surface area contributed by atoms with E-state index in [0.29, 0.717) is 6.42 Å². The first-order valence-corrected chi connectivity index (χ1v) is 4.02. The molecule has 0 aliphatic carbocycles. The summed E-state index contributed by atoms with van der Waals surface area (Å²) in [7, 11) is 0. The normalized spacial score (nSPS) is 8.92. The van der Waals surface area contributed by atoms with E-state index >= 15 is 0 Å². The molecule has 1 amide bonds. The van der Waals surface area contributed by atoms with Gasteiger partial charge < -0.3 is 5.32 Å². The summed E-state index contributed by atoms with van der Waals surface area (Å²) in [6.45, 7) is 1.48. The Morgan fingerprint density at radius 3 is 2.54 bits per heavy atom. The Kier molecular flexibility index (Phi) is 3.10. The van der Waals surface area contributed by atoms with E-state index in [4.69, 9.17) is 6.42 Å². The number of amides is 1. The average molecular weight is 173 g/mol. The highest BCUT2D eigenvalue weighted by Gasteiger charge is 1.94. The van der Waals surface area contributed by atoms with Gasteiger partial charge in [0.1, 0.15) is 0 Å². The van der Waals surface area contributed by atoms with Crippen molar-refractivity contribution in [3.63, 3.8) is 0 Å². The summed E-state index contributed by atoms with van der Waals surface area (Å²) in [5.41, 5.74) is 1.88. The van der Waals surface area contributed by atoms with Crippen molar-refractivity contribution in [3.8, 4) is 12.3 Å². The van der Waals surface area contributed by atoms with Crippen LogP contribution in [0.4, 0.5) is 5.69 Å². The molecule has 66 valence electrons. The van der Waals surface area contributed by atoms with Crippen LogP contribution in [0.1, 0.15) is 12.5 Å². The van der Waals surface area contributed by atoms with Gasteiger partial charge >= 0.3 is 0 Å². The van der Waals surface area contributed by atoms with Crippen LogP contribution in [0.15, 0.2) is 24.3 Å². The van der Waals surface area contributed by atoms with Crippen molar-refractivity contribution >= 4 is 11.6 Å². The van der Waals surface area contributed by atoms with Crippen molar-refractivity contribution in [3.05, 3.63) is 29.8 Å². The molecule has 1 aromatic carbocycles. The third kappa shape index (κ3) is 3.00. The van der Waals surface area contributed by atoms with Crippen LogP contribution in [0.5, 0.6) is 0 Å². The lowest BCUT2D eigenvalue weighted by Gasteiger charge is -2.01. The third-order valence-electron chi connectivity index (χ3n) is 1.58. The molecular weight excluding hydrogens is 162 g/mol. The predicted octanol–water partition coefficient (Wildman–Crippen LogP) is 1.82. The lowest BCUT2D eigenvalue weighted by molar-refractivity contribution is -0.114. The zero-order valence-corrected chi connectivity index (χ0v) is 7.50. The Balaban J connectivity index is 2.70. The van der Waals surface area contributed by atoms with Gasteiger partial charge in [0.25, 0.3) is 0 Å². The number of carbonyl (C=O) groups excluding carboxylic acids is 1.